The molecule has 0 spiro atoms. The van der Waals surface area contributed by atoms with E-state index in [2.05, 4.69) is 5.32 Å². The molecule has 1 fully saturated rings. The smallest absolute Gasteiger partial charge is 0.329 e. The van der Waals surface area contributed by atoms with Crippen molar-refractivity contribution in [3.63, 3.8) is 0 Å². The van der Waals surface area contributed by atoms with Crippen LogP contribution in [0.5, 0.6) is 5.75 Å². The Bertz CT molecular complexity index is 967. The van der Waals surface area contributed by atoms with Gasteiger partial charge in [-0.3, -0.25) is 14.4 Å². The van der Waals surface area contributed by atoms with Crippen molar-refractivity contribution in [2.75, 3.05) is 25.1 Å². The zero-order valence-electron chi connectivity index (χ0n) is 15.4. The van der Waals surface area contributed by atoms with E-state index in [1.165, 1.54) is 29.4 Å². The highest BCUT2D eigenvalue weighted by Gasteiger charge is 2.36. The number of hydrogen-bond donors (Lipinski definition) is 1. The maximum Gasteiger partial charge on any atom is 0.329 e. The molecule has 150 valence electrons. The second-order valence-corrected chi connectivity index (χ2v) is 6.71. The van der Waals surface area contributed by atoms with Crippen LogP contribution in [-0.2, 0) is 14.3 Å². The highest BCUT2D eigenvalue weighted by atomic mass is 16.5. The van der Waals surface area contributed by atoms with E-state index >= 15 is 0 Å². The molecule has 1 saturated heterocycles. The fourth-order valence-corrected chi connectivity index (χ4v) is 3.37. The van der Waals surface area contributed by atoms with Crippen LogP contribution in [0.1, 0.15) is 33.8 Å². The molecule has 9 nitrogen and oxygen atoms in total. The quantitative estimate of drug-likeness (QED) is 0.601. The minimum Gasteiger partial charge on any atom is -0.482 e. The van der Waals surface area contributed by atoms with E-state index in [9.17, 15) is 19.2 Å². The molecular weight excluding hydrogens is 380 g/mol. The number of likely N-dealkylation sites (tertiary alicyclic amines) is 1. The summed E-state index contributed by atoms with van der Waals surface area (Å²) in [6.07, 6.45) is 2.51. The highest BCUT2D eigenvalue weighted by Crippen LogP contribution is 2.28. The second kappa shape index (κ2) is 7.78. The molecule has 1 atom stereocenters. The number of anilines is 1. The first kappa shape index (κ1) is 18.7. The number of carbonyl (C=O) groups excluding carboxylic acids is 4. The van der Waals surface area contributed by atoms with Gasteiger partial charge in [-0.25, -0.2) is 4.79 Å². The number of ether oxygens (including phenoxy) is 2. The summed E-state index contributed by atoms with van der Waals surface area (Å²) in [5.74, 6) is -1.13. The summed E-state index contributed by atoms with van der Waals surface area (Å²) >= 11 is 0. The van der Waals surface area contributed by atoms with Crippen molar-refractivity contribution < 1.29 is 33.1 Å². The number of ketones is 1. The van der Waals surface area contributed by atoms with E-state index in [-0.39, 0.29) is 29.7 Å². The van der Waals surface area contributed by atoms with E-state index in [0.29, 0.717) is 30.8 Å². The fourth-order valence-electron chi connectivity index (χ4n) is 3.37. The monoisotopic (exact) mass is 398 g/mol. The van der Waals surface area contributed by atoms with Crippen LogP contribution in [0.25, 0.3) is 0 Å². The summed E-state index contributed by atoms with van der Waals surface area (Å²) in [6, 6.07) is 6.97. The molecular formula is C20H18N2O7. The number of hydrogen-bond acceptors (Lipinski definition) is 7. The fraction of sp³-hybridized carbons (Fsp3) is 0.300. The van der Waals surface area contributed by atoms with E-state index in [1.54, 1.807) is 12.1 Å². The number of furan rings is 1. The van der Waals surface area contributed by atoms with Gasteiger partial charge in [0.1, 0.15) is 11.8 Å². The number of nitrogens with zero attached hydrogens (tertiary/aromatic N) is 1. The second-order valence-electron chi connectivity index (χ2n) is 6.71. The molecule has 9 heteroatoms. The van der Waals surface area contributed by atoms with Gasteiger partial charge >= 0.3 is 5.97 Å². The van der Waals surface area contributed by atoms with Gasteiger partial charge < -0.3 is 24.1 Å². The van der Waals surface area contributed by atoms with Crippen LogP contribution in [0.2, 0.25) is 0 Å². The van der Waals surface area contributed by atoms with Gasteiger partial charge in [-0.2, -0.15) is 0 Å². The van der Waals surface area contributed by atoms with Crippen molar-refractivity contribution in [2.24, 2.45) is 0 Å². The topological polar surface area (TPSA) is 115 Å². The molecule has 1 aromatic heterocycles. The van der Waals surface area contributed by atoms with E-state index in [4.69, 9.17) is 13.9 Å². The molecule has 2 aromatic rings. The lowest BCUT2D eigenvalue weighted by Crippen LogP contribution is -2.41. The molecule has 0 radical (unpaired) electrons. The summed E-state index contributed by atoms with van der Waals surface area (Å²) < 4.78 is 15.5. The molecule has 2 aliphatic rings. The summed E-state index contributed by atoms with van der Waals surface area (Å²) in [5, 5.41) is 2.62. The molecule has 29 heavy (non-hydrogen) atoms. The van der Waals surface area contributed by atoms with Crippen molar-refractivity contribution in [3.05, 3.63) is 47.9 Å². The third-order valence-electron chi connectivity index (χ3n) is 4.80. The number of fused-ring (bicyclic) bond motifs is 1. The molecule has 1 N–H and O–H groups in total. The maximum absolute atomic E-state index is 12.5. The van der Waals surface area contributed by atoms with Gasteiger partial charge in [-0.15, -0.1) is 0 Å². The van der Waals surface area contributed by atoms with Crippen molar-refractivity contribution in [1.82, 2.24) is 4.90 Å². The highest BCUT2D eigenvalue weighted by molar-refractivity contribution is 6.02. The number of esters is 1. The normalized spacial score (nSPS) is 17.9. The molecule has 0 bridgehead atoms. The third-order valence-corrected chi connectivity index (χ3v) is 4.80. The summed E-state index contributed by atoms with van der Waals surface area (Å²) in [7, 11) is 0. The van der Waals surface area contributed by atoms with Crippen LogP contribution >= 0.6 is 0 Å². The maximum atomic E-state index is 12.5. The molecule has 1 unspecified atom stereocenters. The number of carbonyl (C=O) groups is 4. The number of Topliss-reactive ketones (excluding diaryl/α,β-unsaturated/α-hetero) is 1. The molecule has 0 aliphatic carbocycles. The van der Waals surface area contributed by atoms with Crippen molar-refractivity contribution in [1.29, 1.82) is 0 Å². The lowest BCUT2D eigenvalue weighted by Gasteiger charge is -2.22. The van der Waals surface area contributed by atoms with Crippen LogP contribution < -0.4 is 10.1 Å². The van der Waals surface area contributed by atoms with E-state index in [1.807, 2.05) is 0 Å². The molecule has 0 saturated carbocycles. The Morgan fingerprint density at radius 1 is 1.24 bits per heavy atom. The SMILES string of the molecule is O=C1COc2ccc(C(=O)COC(=O)C3CCCN3C(=O)c3ccco3)cc2N1. The average Bonchev–Trinajstić information content (AvgIpc) is 3.42. The van der Waals surface area contributed by atoms with Crippen LogP contribution in [0.4, 0.5) is 5.69 Å². The van der Waals surface area contributed by atoms with Crippen LogP contribution in [0, 0.1) is 0 Å². The van der Waals surface area contributed by atoms with E-state index < -0.39 is 24.4 Å². The Hall–Kier alpha value is -3.62. The lowest BCUT2D eigenvalue weighted by molar-refractivity contribution is -0.147. The summed E-state index contributed by atoms with van der Waals surface area (Å²) in [4.78, 5) is 50.1. The van der Waals surface area contributed by atoms with Crippen LogP contribution in [0.3, 0.4) is 0 Å². The standard InChI is InChI=1S/C20H18N2O7/c23-15(12-5-6-16-13(9-12)21-18(24)11-28-16)10-29-20(26)14-3-1-7-22(14)19(25)17-4-2-8-27-17/h2,4-6,8-9,14H,1,3,7,10-11H2,(H,21,24). The number of amides is 2. The van der Waals surface area contributed by atoms with Crippen molar-refractivity contribution in [3.8, 4) is 5.75 Å². The van der Waals surface area contributed by atoms with Gasteiger partial charge in [0, 0.05) is 12.1 Å². The molecule has 2 amide bonds. The largest absolute Gasteiger partial charge is 0.482 e. The van der Waals surface area contributed by atoms with Gasteiger partial charge in [-0.05, 0) is 43.2 Å². The minimum absolute atomic E-state index is 0.0769. The zero-order valence-corrected chi connectivity index (χ0v) is 15.4. The Kier molecular flexibility index (Phi) is 5.03. The summed E-state index contributed by atoms with van der Waals surface area (Å²) in [5.41, 5.74) is 0.668. The Morgan fingerprint density at radius 2 is 2.10 bits per heavy atom. The molecule has 4 rings (SSSR count). The van der Waals surface area contributed by atoms with Crippen LogP contribution in [-0.4, -0.2) is 54.3 Å². The first-order valence-corrected chi connectivity index (χ1v) is 9.14. The first-order chi connectivity index (χ1) is 14.0. The van der Waals surface area contributed by atoms with Gasteiger partial charge in [-0.1, -0.05) is 0 Å². The third kappa shape index (κ3) is 3.84. The predicted octanol–water partition coefficient (Wildman–Crippen LogP) is 1.64. The number of nitrogens with one attached hydrogen (secondary N) is 1. The predicted molar refractivity (Wildman–Crippen MR) is 98.6 cm³/mol. The minimum atomic E-state index is -0.753. The summed E-state index contributed by atoms with van der Waals surface area (Å²) in [6.45, 7) is -0.129. The average molecular weight is 398 g/mol. The van der Waals surface area contributed by atoms with E-state index in [0.717, 1.165) is 0 Å². The lowest BCUT2D eigenvalue weighted by atomic mass is 10.1. The number of rotatable bonds is 5. The Morgan fingerprint density at radius 3 is 2.90 bits per heavy atom. The van der Waals surface area contributed by atoms with Gasteiger partial charge in [0.25, 0.3) is 11.8 Å². The molecule has 1 aromatic carbocycles. The van der Waals surface area contributed by atoms with Gasteiger partial charge in [0.15, 0.2) is 24.8 Å². The van der Waals surface area contributed by atoms with Crippen molar-refractivity contribution in [2.45, 2.75) is 18.9 Å². The van der Waals surface area contributed by atoms with Crippen molar-refractivity contribution >= 4 is 29.3 Å². The zero-order chi connectivity index (χ0) is 20.4. The van der Waals surface area contributed by atoms with Gasteiger partial charge in [0.05, 0.1) is 12.0 Å². The molecule has 3 heterocycles. The number of benzene rings is 1. The first-order valence-electron chi connectivity index (χ1n) is 9.14. The Balaban J connectivity index is 1.38. The molecule has 2 aliphatic heterocycles. The van der Waals surface area contributed by atoms with Crippen LogP contribution in [0.15, 0.2) is 41.0 Å². The van der Waals surface area contributed by atoms with Gasteiger partial charge in [0.2, 0.25) is 0 Å². The Labute approximate surface area is 165 Å².